The Morgan fingerprint density at radius 1 is 1.20 bits per heavy atom. The smallest absolute Gasteiger partial charge is 0.223 e. The van der Waals surface area contributed by atoms with E-state index in [1.54, 1.807) is 7.11 Å². The molecule has 0 bridgehead atoms. The van der Waals surface area contributed by atoms with Gasteiger partial charge in [0.05, 0.1) is 19.4 Å². The van der Waals surface area contributed by atoms with Gasteiger partial charge in [-0.15, -0.1) is 0 Å². The summed E-state index contributed by atoms with van der Waals surface area (Å²) in [5.74, 6) is 0.887. The Kier molecular flexibility index (Phi) is 7.03. The van der Waals surface area contributed by atoms with Crippen LogP contribution in [0.2, 0.25) is 5.02 Å². The highest BCUT2D eigenvalue weighted by molar-refractivity contribution is 6.31. The third-order valence-electron chi connectivity index (χ3n) is 4.93. The second kappa shape index (κ2) is 9.52. The van der Waals surface area contributed by atoms with E-state index >= 15 is 0 Å². The standard InChI is InChI=1S/C24H29ClN2O3/c1-24(2,3)14-23(28)27(15-18-7-5-6-8-21(18)25)16-20-13-22(26-30-20)17-9-11-19(29-4)12-10-17/h5-12,20H,13-16H2,1-4H3/t20-/m0/s1. The van der Waals surface area contributed by atoms with Crippen molar-refractivity contribution in [1.82, 2.24) is 4.90 Å². The fraction of sp³-hybridized carbons (Fsp3) is 0.417. The first kappa shape index (κ1) is 22.2. The molecule has 0 aromatic heterocycles. The average molecular weight is 429 g/mol. The minimum atomic E-state index is -0.187. The predicted molar refractivity (Wildman–Crippen MR) is 120 cm³/mol. The maximum absolute atomic E-state index is 13.1. The molecule has 1 amide bonds. The number of benzene rings is 2. The Morgan fingerprint density at radius 2 is 1.90 bits per heavy atom. The molecule has 2 aromatic rings. The first-order chi connectivity index (χ1) is 14.2. The summed E-state index contributed by atoms with van der Waals surface area (Å²) in [6.07, 6.45) is 0.915. The quantitative estimate of drug-likeness (QED) is 0.600. The van der Waals surface area contributed by atoms with Gasteiger partial charge in [-0.3, -0.25) is 4.79 Å². The molecule has 1 aliphatic rings. The lowest BCUT2D eigenvalue weighted by Crippen LogP contribution is -2.38. The highest BCUT2D eigenvalue weighted by atomic mass is 35.5. The predicted octanol–water partition coefficient (Wildman–Crippen LogP) is 5.31. The molecule has 0 saturated carbocycles. The number of hydrogen-bond donors (Lipinski definition) is 0. The lowest BCUT2D eigenvalue weighted by Gasteiger charge is -2.28. The van der Waals surface area contributed by atoms with Gasteiger partial charge in [-0.2, -0.15) is 0 Å². The van der Waals surface area contributed by atoms with Crippen molar-refractivity contribution in [2.24, 2.45) is 10.6 Å². The summed E-state index contributed by atoms with van der Waals surface area (Å²) in [6, 6.07) is 15.4. The van der Waals surface area contributed by atoms with Crippen molar-refractivity contribution in [3.8, 4) is 5.75 Å². The lowest BCUT2D eigenvalue weighted by atomic mass is 9.91. The summed E-state index contributed by atoms with van der Waals surface area (Å²) in [5, 5.41) is 4.93. The zero-order valence-corrected chi connectivity index (χ0v) is 18.8. The molecule has 0 N–H and O–H groups in total. The Hall–Kier alpha value is -2.53. The molecule has 160 valence electrons. The number of ether oxygens (including phenoxy) is 1. The molecule has 0 spiro atoms. The van der Waals surface area contributed by atoms with Crippen LogP contribution in [0.25, 0.3) is 0 Å². The molecular formula is C24H29ClN2O3. The molecule has 5 nitrogen and oxygen atoms in total. The SMILES string of the molecule is COc1ccc(C2=NO[C@H](CN(Cc3ccccc3Cl)C(=O)CC(C)(C)C)C2)cc1. The van der Waals surface area contributed by atoms with Gasteiger partial charge in [0.15, 0.2) is 6.10 Å². The summed E-state index contributed by atoms with van der Waals surface area (Å²) >= 11 is 6.35. The molecule has 0 radical (unpaired) electrons. The molecule has 1 aliphatic heterocycles. The second-order valence-corrected chi connectivity index (χ2v) is 9.21. The van der Waals surface area contributed by atoms with Crippen LogP contribution in [0.3, 0.4) is 0 Å². The lowest BCUT2D eigenvalue weighted by molar-refractivity contribution is -0.135. The van der Waals surface area contributed by atoms with E-state index in [4.69, 9.17) is 21.2 Å². The van der Waals surface area contributed by atoms with E-state index in [0.717, 1.165) is 22.6 Å². The van der Waals surface area contributed by atoms with Gasteiger partial charge in [0.2, 0.25) is 5.91 Å². The summed E-state index contributed by atoms with van der Waals surface area (Å²) < 4.78 is 5.21. The Balaban J connectivity index is 1.70. The van der Waals surface area contributed by atoms with Crippen molar-refractivity contribution in [3.05, 3.63) is 64.7 Å². The molecule has 6 heteroatoms. The van der Waals surface area contributed by atoms with Crippen LogP contribution in [-0.4, -0.2) is 36.3 Å². The minimum absolute atomic E-state index is 0.0870. The number of oxime groups is 1. The summed E-state index contributed by atoms with van der Waals surface area (Å²) in [7, 11) is 1.64. The zero-order valence-electron chi connectivity index (χ0n) is 18.0. The van der Waals surface area contributed by atoms with E-state index in [2.05, 4.69) is 25.9 Å². The van der Waals surface area contributed by atoms with E-state index in [9.17, 15) is 4.79 Å². The molecule has 2 aromatic carbocycles. The number of rotatable bonds is 7. The second-order valence-electron chi connectivity index (χ2n) is 8.80. The van der Waals surface area contributed by atoms with E-state index in [0.29, 0.717) is 31.0 Å². The molecule has 0 saturated heterocycles. The van der Waals surface area contributed by atoms with Gasteiger partial charge in [0, 0.05) is 24.4 Å². The van der Waals surface area contributed by atoms with Gasteiger partial charge in [0.1, 0.15) is 5.75 Å². The van der Waals surface area contributed by atoms with Crippen LogP contribution in [0.1, 0.15) is 44.7 Å². The summed E-state index contributed by atoms with van der Waals surface area (Å²) in [4.78, 5) is 20.6. The van der Waals surface area contributed by atoms with Crippen molar-refractivity contribution in [3.63, 3.8) is 0 Å². The van der Waals surface area contributed by atoms with E-state index in [-0.39, 0.29) is 17.4 Å². The summed E-state index contributed by atoms with van der Waals surface area (Å²) in [5.41, 5.74) is 2.70. The molecule has 0 aliphatic carbocycles. The van der Waals surface area contributed by atoms with Crippen molar-refractivity contribution in [2.75, 3.05) is 13.7 Å². The first-order valence-corrected chi connectivity index (χ1v) is 10.5. The number of carbonyl (C=O) groups excluding carboxylic acids is 1. The minimum Gasteiger partial charge on any atom is -0.497 e. The van der Waals surface area contributed by atoms with Gasteiger partial charge in [0.25, 0.3) is 0 Å². The molecular weight excluding hydrogens is 400 g/mol. The summed E-state index contributed by atoms with van der Waals surface area (Å²) in [6.45, 7) is 7.11. The first-order valence-electron chi connectivity index (χ1n) is 10.1. The monoisotopic (exact) mass is 428 g/mol. The van der Waals surface area contributed by atoms with Gasteiger partial charge >= 0.3 is 0 Å². The van der Waals surface area contributed by atoms with E-state index < -0.39 is 0 Å². The van der Waals surface area contributed by atoms with Crippen LogP contribution in [0.4, 0.5) is 0 Å². The molecule has 0 unspecified atom stereocenters. The fourth-order valence-corrected chi connectivity index (χ4v) is 3.57. The van der Waals surface area contributed by atoms with E-state index in [1.807, 2.05) is 53.4 Å². The molecule has 3 rings (SSSR count). The average Bonchev–Trinajstić information content (AvgIpc) is 3.16. The highest BCUT2D eigenvalue weighted by Crippen LogP contribution is 2.25. The van der Waals surface area contributed by atoms with Crippen LogP contribution >= 0.6 is 11.6 Å². The maximum Gasteiger partial charge on any atom is 0.223 e. The Labute approximate surface area is 183 Å². The number of methoxy groups -OCH3 is 1. The van der Waals surface area contributed by atoms with Gasteiger partial charge in [-0.25, -0.2) is 0 Å². The van der Waals surface area contributed by atoms with E-state index in [1.165, 1.54) is 0 Å². The van der Waals surface area contributed by atoms with Gasteiger partial charge in [-0.05, 0) is 46.9 Å². The maximum atomic E-state index is 13.1. The van der Waals surface area contributed by atoms with Crippen LogP contribution < -0.4 is 4.74 Å². The van der Waals surface area contributed by atoms with Crippen LogP contribution in [0, 0.1) is 5.41 Å². The molecule has 1 atom stereocenters. The Morgan fingerprint density at radius 3 is 2.53 bits per heavy atom. The van der Waals surface area contributed by atoms with Crippen LogP contribution in [0.5, 0.6) is 5.75 Å². The van der Waals surface area contributed by atoms with Crippen molar-refractivity contribution in [1.29, 1.82) is 0 Å². The molecule has 30 heavy (non-hydrogen) atoms. The number of carbonyl (C=O) groups is 1. The number of amides is 1. The third kappa shape index (κ3) is 5.99. The topological polar surface area (TPSA) is 51.1 Å². The molecule has 0 fully saturated rings. The third-order valence-corrected chi connectivity index (χ3v) is 5.30. The highest BCUT2D eigenvalue weighted by Gasteiger charge is 2.29. The largest absolute Gasteiger partial charge is 0.497 e. The van der Waals surface area contributed by atoms with Gasteiger partial charge in [-0.1, -0.05) is 55.7 Å². The zero-order chi connectivity index (χ0) is 21.7. The van der Waals surface area contributed by atoms with Crippen molar-refractivity contribution >= 4 is 23.2 Å². The number of halogens is 1. The molecule has 1 heterocycles. The Bertz CT molecular complexity index is 903. The normalized spacial score (nSPS) is 16.0. The number of nitrogens with zero attached hydrogens (tertiary/aromatic N) is 2. The van der Waals surface area contributed by atoms with Crippen LogP contribution in [0.15, 0.2) is 53.7 Å². The fourth-order valence-electron chi connectivity index (χ4n) is 3.38. The van der Waals surface area contributed by atoms with Crippen molar-refractivity contribution < 1.29 is 14.4 Å². The van der Waals surface area contributed by atoms with Crippen LogP contribution in [-0.2, 0) is 16.2 Å². The number of hydrogen-bond acceptors (Lipinski definition) is 4. The van der Waals surface area contributed by atoms with Crippen molar-refractivity contribution in [2.45, 2.75) is 46.3 Å². The van der Waals surface area contributed by atoms with Gasteiger partial charge < -0.3 is 14.5 Å².